The van der Waals surface area contributed by atoms with Crippen molar-refractivity contribution >= 4 is 23.2 Å². The number of hydrogen-bond acceptors (Lipinski definition) is 3. The number of nitrogens with one attached hydrogen (secondary N) is 3. The van der Waals surface area contributed by atoms with E-state index in [1.165, 1.54) is 4.88 Å². The summed E-state index contributed by atoms with van der Waals surface area (Å²) < 4.78 is 0. The minimum atomic E-state index is -0.508. The Labute approximate surface area is 137 Å². The maximum absolute atomic E-state index is 12.0. The molecule has 0 fully saturated rings. The van der Waals surface area contributed by atoms with E-state index in [-0.39, 0.29) is 5.91 Å². The molecule has 1 rings (SSSR count). The molecule has 0 atom stereocenters. The Balaban J connectivity index is 2.51. The Bertz CT molecular complexity index is 469. The zero-order valence-electron chi connectivity index (χ0n) is 14.0. The van der Waals surface area contributed by atoms with Crippen molar-refractivity contribution in [1.29, 1.82) is 0 Å². The van der Waals surface area contributed by atoms with Gasteiger partial charge >= 0.3 is 0 Å². The van der Waals surface area contributed by atoms with E-state index in [1.807, 2.05) is 27.7 Å². The minimum absolute atomic E-state index is 0.0354. The van der Waals surface area contributed by atoms with Crippen LogP contribution in [0.25, 0.3) is 0 Å². The molecule has 0 aliphatic heterocycles. The van der Waals surface area contributed by atoms with Crippen LogP contribution in [-0.4, -0.2) is 38.0 Å². The van der Waals surface area contributed by atoms with E-state index in [1.54, 1.807) is 11.3 Å². The van der Waals surface area contributed by atoms with Gasteiger partial charge in [0.2, 0.25) is 5.91 Å². The van der Waals surface area contributed by atoms with Crippen molar-refractivity contribution in [3.05, 3.63) is 22.4 Å². The van der Waals surface area contributed by atoms with Gasteiger partial charge in [0.15, 0.2) is 5.96 Å². The number of rotatable bonds is 8. The molecular weight excluding hydrogens is 296 g/mol. The van der Waals surface area contributed by atoms with E-state index < -0.39 is 5.41 Å². The number of guanidine groups is 1. The summed E-state index contributed by atoms with van der Waals surface area (Å²) in [5, 5.41) is 11.5. The Morgan fingerprint density at radius 3 is 2.55 bits per heavy atom. The molecule has 1 amide bonds. The third-order valence-electron chi connectivity index (χ3n) is 3.17. The largest absolute Gasteiger partial charge is 0.357 e. The van der Waals surface area contributed by atoms with Crippen LogP contribution in [0.15, 0.2) is 22.5 Å². The zero-order valence-corrected chi connectivity index (χ0v) is 14.8. The highest BCUT2D eigenvalue weighted by atomic mass is 32.1. The van der Waals surface area contributed by atoms with Gasteiger partial charge in [0, 0.05) is 24.5 Å². The molecule has 0 bridgehead atoms. The summed E-state index contributed by atoms with van der Waals surface area (Å²) in [5.41, 5.74) is -0.508. The van der Waals surface area contributed by atoms with Gasteiger partial charge in [-0.25, -0.2) is 0 Å². The predicted molar refractivity (Wildman–Crippen MR) is 94.5 cm³/mol. The third-order valence-corrected chi connectivity index (χ3v) is 4.11. The number of carbonyl (C=O) groups is 1. The predicted octanol–water partition coefficient (Wildman–Crippen LogP) is 2.01. The molecule has 0 saturated carbocycles. The van der Waals surface area contributed by atoms with Crippen LogP contribution in [0, 0.1) is 5.41 Å². The number of hydrogen-bond donors (Lipinski definition) is 3. The third kappa shape index (κ3) is 6.47. The second-order valence-corrected chi connectivity index (χ2v) is 6.73. The van der Waals surface area contributed by atoms with Gasteiger partial charge in [0.25, 0.3) is 0 Å². The lowest BCUT2D eigenvalue weighted by Crippen LogP contribution is -2.42. The smallest absolute Gasteiger partial charge is 0.227 e. The van der Waals surface area contributed by atoms with Crippen LogP contribution >= 0.6 is 11.3 Å². The first kappa shape index (κ1) is 18.5. The summed E-state index contributed by atoms with van der Waals surface area (Å²) in [6.45, 7) is 10.5. The van der Waals surface area contributed by atoms with E-state index in [0.29, 0.717) is 13.1 Å². The highest BCUT2D eigenvalue weighted by molar-refractivity contribution is 7.09. The second-order valence-electron chi connectivity index (χ2n) is 5.69. The van der Waals surface area contributed by atoms with Crippen LogP contribution < -0.4 is 16.0 Å². The van der Waals surface area contributed by atoms with Gasteiger partial charge in [-0.3, -0.25) is 9.79 Å². The van der Waals surface area contributed by atoms with Gasteiger partial charge in [-0.2, -0.15) is 0 Å². The van der Waals surface area contributed by atoms with Gasteiger partial charge < -0.3 is 16.0 Å². The summed E-state index contributed by atoms with van der Waals surface area (Å²) in [6.07, 6.45) is 0.974. The Kier molecular flexibility index (Phi) is 7.95. The molecule has 1 aromatic rings. The lowest BCUT2D eigenvalue weighted by atomic mass is 9.92. The molecule has 0 aliphatic carbocycles. The monoisotopic (exact) mass is 324 g/mol. The van der Waals surface area contributed by atoms with Crippen molar-refractivity contribution in [2.24, 2.45) is 10.4 Å². The first-order chi connectivity index (χ1) is 10.5. The van der Waals surface area contributed by atoms with Crippen LogP contribution in [0.4, 0.5) is 0 Å². The molecule has 0 spiro atoms. The zero-order chi connectivity index (χ0) is 16.4. The first-order valence-electron chi connectivity index (χ1n) is 7.82. The highest BCUT2D eigenvalue weighted by Gasteiger charge is 2.26. The van der Waals surface area contributed by atoms with E-state index in [4.69, 9.17) is 0 Å². The second kappa shape index (κ2) is 9.46. The Morgan fingerprint density at radius 2 is 1.95 bits per heavy atom. The van der Waals surface area contributed by atoms with Crippen molar-refractivity contribution in [3.8, 4) is 0 Å². The molecule has 22 heavy (non-hydrogen) atoms. The van der Waals surface area contributed by atoms with Crippen LogP contribution in [0.3, 0.4) is 0 Å². The van der Waals surface area contributed by atoms with E-state index >= 15 is 0 Å². The normalized spacial score (nSPS) is 12.1. The summed E-state index contributed by atoms with van der Waals surface area (Å²) in [4.78, 5) is 17.9. The lowest BCUT2D eigenvalue weighted by Gasteiger charge is -2.22. The molecule has 0 saturated heterocycles. The molecule has 0 aromatic carbocycles. The fraction of sp³-hybridized carbons (Fsp3) is 0.625. The fourth-order valence-electron chi connectivity index (χ4n) is 1.85. The van der Waals surface area contributed by atoms with Gasteiger partial charge in [-0.1, -0.05) is 6.07 Å². The van der Waals surface area contributed by atoms with Crippen LogP contribution in [0.2, 0.25) is 0 Å². The summed E-state index contributed by atoms with van der Waals surface area (Å²) in [7, 11) is 0. The molecule has 0 radical (unpaired) electrons. The first-order valence-corrected chi connectivity index (χ1v) is 8.70. The number of aliphatic imine (C=N–C) groups is 1. The number of amides is 1. The number of thiophene rings is 1. The maximum Gasteiger partial charge on any atom is 0.227 e. The average Bonchev–Trinajstić information content (AvgIpc) is 2.98. The molecule has 0 unspecified atom stereocenters. The van der Waals surface area contributed by atoms with Crippen LogP contribution in [-0.2, 0) is 11.2 Å². The van der Waals surface area contributed by atoms with Crippen LogP contribution in [0.5, 0.6) is 0 Å². The Morgan fingerprint density at radius 1 is 1.23 bits per heavy atom. The van der Waals surface area contributed by atoms with Crippen molar-refractivity contribution in [2.45, 2.75) is 34.1 Å². The molecule has 1 heterocycles. The standard InChI is InChI=1S/C16H28N4OS/c1-5-17-14(21)16(3,4)12-20-15(18-6-2)19-10-9-13-8-7-11-22-13/h7-8,11H,5-6,9-10,12H2,1-4H3,(H,17,21)(H2,18,19,20). The summed E-state index contributed by atoms with van der Waals surface area (Å²) >= 11 is 1.76. The molecule has 3 N–H and O–H groups in total. The molecule has 124 valence electrons. The Hall–Kier alpha value is -1.56. The lowest BCUT2D eigenvalue weighted by molar-refractivity contribution is -0.128. The highest BCUT2D eigenvalue weighted by Crippen LogP contribution is 2.15. The van der Waals surface area contributed by atoms with E-state index in [2.05, 4.69) is 38.5 Å². The molecule has 1 aromatic heterocycles. The van der Waals surface area contributed by atoms with Crippen molar-refractivity contribution in [1.82, 2.24) is 16.0 Å². The maximum atomic E-state index is 12.0. The average molecular weight is 324 g/mol. The quantitative estimate of drug-likeness (QED) is 0.506. The van der Waals surface area contributed by atoms with Gasteiger partial charge in [0.05, 0.1) is 12.0 Å². The van der Waals surface area contributed by atoms with Crippen molar-refractivity contribution in [3.63, 3.8) is 0 Å². The van der Waals surface area contributed by atoms with Gasteiger partial charge in [0.1, 0.15) is 0 Å². The molecule has 5 nitrogen and oxygen atoms in total. The van der Waals surface area contributed by atoms with E-state index in [9.17, 15) is 4.79 Å². The number of carbonyl (C=O) groups excluding carboxylic acids is 1. The summed E-state index contributed by atoms with van der Waals surface area (Å²) in [5.74, 6) is 0.796. The minimum Gasteiger partial charge on any atom is -0.357 e. The van der Waals surface area contributed by atoms with Crippen LogP contribution in [0.1, 0.15) is 32.6 Å². The van der Waals surface area contributed by atoms with Gasteiger partial charge in [-0.15, -0.1) is 11.3 Å². The molecule has 6 heteroatoms. The number of nitrogens with zero attached hydrogens (tertiary/aromatic N) is 1. The molecular formula is C16H28N4OS. The fourth-order valence-corrected chi connectivity index (χ4v) is 2.56. The topological polar surface area (TPSA) is 65.5 Å². The van der Waals surface area contributed by atoms with E-state index in [0.717, 1.165) is 25.5 Å². The van der Waals surface area contributed by atoms with Crippen molar-refractivity contribution in [2.75, 3.05) is 26.2 Å². The molecule has 0 aliphatic rings. The van der Waals surface area contributed by atoms with Crippen molar-refractivity contribution < 1.29 is 4.79 Å². The summed E-state index contributed by atoms with van der Waals surface area (Å²) in [6, 6.07) is 4.20. The van der Waals surface area contributed by atoms with Gasteiger partial charge in [-0.05, 0) is 45.6 Å². The SMILES string of the molecule is CCNC(=O)C(C)(C)CN=C(NCC)NCCc1cccs1.